The first-order chi connectivity index (χ1) is 9.54. The first-order valence-electron chi connectivity index (χ1n) is 6.20. The van der Waals surface area contributed by atoms with Crippen molar-refractivity contribution in [2.45, 2.75) is 13.0 Å². The second-order valence-electron chi connectivity index (χ2n) is 4.44. The molecule has 0 saturated heterocycles. The molecule has 0 saturated carbocycles. The topological polar surface area (TPSA) is 42.7 Å². The van der Waals surface area contributed by atoms with Crippen molar-refractivity contribution in [2.24, 2.45) is 0 Å². The zero-order valence-corrected chi connectivity index (χ0v) is 13.2. The molecule has 2 rings (SSSR count). The van der Waals surface area contributed by atoms with Crippen molar-refractivity contribution in [3.8, 4) is 5.75 Å². The Morgan fingerprint density at radius 1 is 1.30 bits per heavy atom. The fourth-order valence-corrected chi connectivity index (χ4v) is 2.31. The Balaban J connectivity index is 2.24. The van der Waals surface area contributed by atoms with Gasteiger partial charge in [-0.3, -0.25) is 4.79 Å². The van der Waals surface area contributed by atoms with Gasteiger partial charge in [-0.1, -0.05) is 18.2 Å². The molecule has 1 aromatic carbocycles. The van der Waals surface area contributed by atoms with E-state index in [1.165, 1.54) is 0 Å². The Hall–Kier alpha value is -1.75. The average molecular weight is 338 g/mol. The average Bonchev–Trinajstić information content (AvgIpc) is 2.91. The number of furan rings is 1. The second kappa shape index (κ2) is 6.13. The molecule has 5 heteroatoms. The lowest BCUT2D eigenvalue weighted by Gasteiger charge is -2.25. The number of amides is 1. The third kappa shape index (κ3) is 2.88. The number of carbonyl (C=O) groups excluding carboxylic acids is 1. The van der Waals surface area contributed by atoms with Crippen LogP contribution in [0.15, 0.2) is 45.5 Å². The molecule has 1 amide bonds. The molecule has 0 unspecified atom stereocenters. The number of hydrogen-bond acceptors (Lipinski definition) is 3. The summed E-state index contributed by atoms with van der Waals surface area (Å²) < 4.78 is 11.2. The third-order valence-electron chi connectivity index (χ3n) is 3.27. The van der Waals surface area contributed by atoms with E-state index in [0.29, 0.717) is 10.4 Å². The van der Waals surface area contributed by atoms with Crippen LogP contribution in [-0.4, -0.2) is 25.0 Å². The van der Waals surface area contributed by atoms with E-state index in [-0.39, 0.29) is 11.9 Å². The van der Waals surface area contributed by atoms with Gasteiger partial charge >= 0.3 is 0 Å². The summed E-state index contributed by atoms with van der Waals surface area (Å²) in [5.41, 5.74) is 0.955. The normalized spacial score (nSPS) is 12.0. The predicted molar refractivity (Wildman–Crippen MR) is 79.9 cm³/mol. The third-order valence-corrected chi connectivity index (χ3v) is 3.70. The van der Waals surface area contributed by atoms with Crippen LogP contribution in [0.1, 0.15) is 29.1 Å². The molecule has 106 valence electrons. The first kappa shape index (κ1) is 14.7. The largest absolute Gasteiger partial charge is 0.496 e. The van der Waals surface area contributed by atoms with Gasteiger partial charge in [0.15, 0.2) is 10.4 Å². The number of ether oxygens (including phenoxy) is 1. The summed E-state index contributed by atoms with van der Waals surface area (Å²) in [4.78, 5) is 14.0. The molecule has 0 aliphatic carbocycles. The second-order valence-corrected chi connectivity index (χ2v) is 5.22. The van der Waals surface area contributed by atoms with Crippen molar-refractivity contribution in [2.75, 3.05) is 14.2 Å². The number of methoxy groups -OCH3 is 1. The van der Waals surface area contributed by atoms with Gasteiger partial charge in [0.05, 0.1) is 13.2 Å². The zero-order chi connectivity index (χ0) is 14.7. The van der Waals surface area contributed by atoms with E-state index in [2.05, 4.69) is 15.9 Å². The van der Waals surface area contributed by atoms with Crippen LogP contribution in [0.25, 0.3) is 0 Å². The molecule has 0 radical (unpaired) electrons. The monoisotopic (exact) mass is 337 g/mol. The Labute approximate surface area is 126 Å². The fraction of sp³-hybridized carbons (Fsp3) is 0.267. The van der Waals surface area contributed by atoms with Crippen LogP contribution < -0.4 is 4.74 Å². The van der Waals surface area contributed by atoms with E-state index in [0.717, 1.165) is 11.3 Å². The van der Waals surface area contributed by atoms with Crippen LogP contribution >= 0.6 is 15.9 Å². The molecular weight excluding hydrogens is 322 g/mol. The molecule has 1 aromatic heterocycles. The van der Waals surface area contributed by atoms with Crippen molar-refractivity contribution < 1.29 is 13.9 Å². The van der Waals surface area contributed by atoms with Crippen molar-refractivity contribution in [1.82, 2.24) is 4.90 Å². The molecule has 0 spiro atoms. The van der Waals surface area contributed by atoms with E-state index in [4.69, 9.17) is 9.15 Å². The number of benzene rings is 1. The van der Waals surface area contributed by atoms with Gasteiger partial charge in [0.1, 0.15) is 5.75 Å². The lowest BCUT2D eigenvalue weighted by molar-refractivity contribution is 0.0707. The molecule has 1 heterocycles. The minimum absolute atomic E-state index is 0.123. The minimum atomic E-state index is -0.172. The number of hydrogen-bond donors (Lipinski definition) is 0. The van der Waals surface area contributed by atoms with Gasteiger partial charge in [-0.25, -0.2) is 0 Å². The molecule has 20 heavy (non-hydrogen) atoms. The van der Waals surface area contributed by atoms with E-state index in [9.17, 15) is 4.79 Å². The zero-order valence-electron chi connectivity index (χ0n) is 11.6. The number of nitrogens with zero attached hydrogens (tertiary/aromatic N) is 1. The van der Waals surface area contributed by atoms with Crippen molar-refractivity contribution in [3.05, 3.63) is 52.4 Å². The molecule has 0 aliphatic rings. The molecule has 0 aliphatic heterocycles. The van der Waals surface area contributed by atoms with Crippen LogP contribution in [0.2, 0.25) is 0 Å². The number of para-hydroxylation sites is 1. The molecule has 1 atom stereocenters. The molecular formula is C15H16BrNO3. The highest BCUT2D eigenvalue weighted by molar-refractivity contribution is 9.10. The summed E-state index contributed by atoms with van der Waals surface area (Å²) >= 11 is 3.20. The molecule has 2 aromatic rings. The van der Waals surface area contributed by atoms with Crippen LogP contribution in [0.3, 0.4) is 0 Å². The molecule has 4 nitrogen and oxygen atoms in total. The lowest BCUT2D eigenvalue weighted by Crippen LogP contribution is -2.29. The van der Waals surface area contributed by atoms with Crippen LogP contribution in [0.5, 0.6) is 5.75 Å². The maximum Gasteiger partial charge on any atom is 0.289 e. The van der Waals surface area contributed by atoms with E-state index < -0.39 is 0 Å². The number of rotatable bonds is 4. The van der Waals surface area contributed by atoms with Gasteiger partial charge in [-0.15, -0.1) is 0 Å². The van der Waals surface area contributed by atoms with E-state index >= 15 is 0 Å². The van der Waals surface area contributed by atoms with Gasteiger partial charge in [0.2, 0.25) is 0 Å². The predicted octanol–water partition coefficient (Wildman–Crippen LogP) is 3.88. The van der Waals surface area contributed by atoms with Gasteiger partial charge in [0.25, 0.3) is 5.91 Å². The molecule has 0 bridgehead atoms. The van der Waals surface area contributed by atoms with Crippen LogP contribution in [0, 0.1) is 0 Å². The standard InChI is InChI=1S/C15H16BrNO3/c1-10(11-6-4-5-7-12(11)19-3)17(2)15(18)13-8-9-14(16)20-13/h4-10H,1-3H3/t10-/m0/s1. The Bertz CT molecular complexity index is 609. The molecule has 0 N–H and O–H groups in total. The van der Waals surface area contributed by atoms with Gasteiger partial charge in [-0.2, -0.15) is 0 Å². The first-order valence-corrected chi connectivity index (χ1v) is 6.99. The quantitative estimate of drug-likeness (QED) is 0.850. The highest BCUT2D eigenvalue weighted by atomic mass is 79.9. The Kier molecular flexibility index (Phi) is 4.49. The fourth-order valence-electron chi connectivity index (χ4n) is 2.00. The summed E-state index contributed by atoms with van der Waals surface area (Å²) in [5, 5.41) is 0. The minimum Gasteiger partial charge on any atom is -0.496 e. The van der Waals surface area contributed by atoms with Gasteiger partial charge in [-0.05, 0) is 41.1 Å². The SMILES string of the molecule is COc1ccccc1[C@H](C)N(C)C(=O)c1ccc(Br)o1. The highest BCUT2D eigenvalue weighted by Crippen LogP contribution is 2.29. The summed E-state index contributed by atoms with van der Waals surface area (Å²) in [6.07, 6.45) is 0. The van der Waals surface area contributed by atoms with Crippen LogP contribution in [-0.2, 0) is 0 Å². The smallest absolute Gasteiger partial charge is 0.289 e. The Morgan fingerprint density at radius 3 is 2.60 bits per heavy atom. The number of carbonyl (C=O) groups is 1. The van der Waals surface area contributed by atoms with E-state index in [1.54, 1.807) is 31.2 Å². The van der Waals surface area contributed by atoms with Crippen molar-refractivity contribution in [3.63, 3.8) is 0 Å². The summed E-state index contributed by atoms with van der Waals surface area (Å²) in [7, 11) is 3.37. The Morgan fingerprint density at radius 2 is 2.00 bits per heavy atom. The summed E-state index contributed by atoms with van der Waals surface area (Å²) in [5.74, 6) is 0.899. The number of halogens is 1. The van der Waals surface area contributed by atoms with E-state index in [1.807, 2.05) is 31.2 Å². The van der Waals surface area contributed by atoms with Crippen LogP contribution in [0.4, 0.5) is 0 Å². The maximum atomic E-state index is 12.3. The van der Waals surface area contributed by atoms with Gasteiger partial charge < -0.3 is 14.1 Å². The lowest BCUT2D eigenvalue weighted by atomic mass is 10.1. The van der Waals surface area contributed by atoms with Crippen molar-refractivity contribution >= 4 is 21.8 Å². The van der Waals surface area contributed by atoms with Gasteiger partial charge in [0, 0.05) is 12.6 Å². The molecule has 0 fully saturated rings. The summed E-state index contributed by atoms with van der Waals surface area (Å²) in [6.45, 7) is 1.95. The van der Waals surface area contributed by atoms with Crippen molar-refractivity contribution in [1.29, 1.82) is 0 Å². The maximum absolute atomic E-state index is 12.3. The highest BCUT2D eigenvalue weighted by Gasteiger charge is 2.23. The summed E-state index contributed by atoms with van der Waals surface area (Å²) in [6, 6.07) is 10.9.